The van der Waals surface area contributed by atoms with Crippen molar-refractivity contribution in [1.82, 2.24) is 9.80 Å². The zero-order valence-corrected chi connectivity index (χ0v) is 28.0. The summed E-state index contributed by atoms with van der Waals surface area (Å²) in [4.78, 5) is 27.8. The van der Waals surface area contributed by atoms with Crippen LogP contribution in [0.15, 0.2) is 48.5 Å². The van der Waals surface area contributed by atoms with Crippen molar-refractivity contribution < 1.29 is 33.6 Å². The molecule has 9 heteroatoms. The molecule has 0 aromatic heterocycles. The summed E-state index contributed by atoms with van der Waals surface area (Å²) in [5.74, 6) is 2.75. The van der Waals surface area contributed by atoms with Gasteiger partial charge in [0.1, 0.15) is 34.9 Å². The minimum atomic E-state index is -0.451. The summed E-state index contributed by atoms with van der Waals surface area (Å²) in [5.41, 5.74) is 1.66. The van der Waals surface area contributed by atoms with E-state index >= 15 is 0 Å². The Labute approximate surface area is 263 Å². The molecular weight excluding hydrogens is 560 g/mol. The lowest BCUT2D eigenvalue weighted by molar-refractivity contribution is 0.00721. The first-order valence-corrected chi connectivity index (χ1v) is 15.8. The molecule has 2 fully saturated rings. The van der Waals surface area contributed by atoms with E-state index in [0.29, 0.717) is 24.9 Å². The molecule has 4 unspecified atom stereocenters. The third-order valence-electron chi connectivity index (χ3n) is 7.62. The first-order chi connectivity index (χ1) is 20.9. The van der Waals surface area contributed by atoms with Gasteiger partial charge in [0.05, 0.1) is 13.1 Å². The molecule has 244 valence electrons. The Balaban J connectivity index is 0.000000216. The maximum Gasteiger partial charge on any atom is 0.410 e. The van der Waals surface area contributed by atoms with Crippen molar-refractivity contribution in [3.8, 4) is 11.5 Å². The number of likely N-dealkylation sites (tertiary alicyclic amines) is 2. The summed E-state index contributed by atoms with van der Waals surface area (Å²) in [5, 5.41) is 7.00. The monoisotopic (exact) mass is 612 g/mol. The van der Waals surface area contributed by atoms with E-state index in [1.54, 1.807) is 9.80 Å². The SMILES string of the molecule is CC.CC(C)(C)OC(=O)N1CCC2c3ccccc3OC2C1.CC(C)(C)OC(=O)N1CCC2c3ccccc3OC2C1.CO. The minimum absolute atomic E-state index is 0.0636. The van der Waals surface area contributed by atoms with Crippen LogP contribution in [0.25, 0.3) is 0 Å². The smallest absolute Gasteiger partial charge is 0.410 e. The van der Waals surface area contributed by atoms with Gasteiger partial charge in [-0.15, -0.1) is 0 Å². The summed E-state index contributed by atoms with van der Waals surface area (Å²) in [6.07, 6.45) is 1.51. The zero-order chi connectivity index (χ0) is 32.7. The normalized spacial score (nSPS) is 22.7. The molecule has 1 N–H and O–H groups in total. The number of aliphatic hydroxyl groups excluding tert-OH is 1. The van der Waals surface area contributed by atoms with E-state index in [2.05, 4.69) is 12.1 Å². The van der Waals surface area contributed by atoms with E-state index in [-0.39, 0.29) is 24.4 Å². The summed E-state index contributed by atoms with van der Waals surface area (Å²) in [6.45, 7) is 18.0. The Morgan fingerprint density at radius 3 is 1.36 bits per heavy atom. The molecule has 0 aliphatic carbocycles. The minimum Gasteiger partial charge on any atom is -0.488 e. The molecule has 4 heterocycles. The molecule has 4 aliphatic rings. The molecule has 9 nitrogen and oxygen atoms in total. The Morgan fingerprint density at radius 1 is 0.682 bits per heavy atom. The number of ether oxygens (including phenoxy) is 4. The summed E-state index contributed by atoms with van der Waals surface area (Å²) >= 11 is 0. The van der Waals surface area contributed by atoms with Crippen LogP contribution in [-0.2, 0) is 9.47 Å². The van der Waals surface area contributed by atoms with Crippen LogP contribution in [0.4, 0.5) is 9.59 Å². The van der Waals surface area contributed by atoms with E-state index in [1.807, 2.05) is 91.8 Å². The van der Waals surface area contributed by atoms with Crippen molar-refractivity contribution in [3.63, 3.8) is 0 Å². The van der Waals surface area contributed by atoms with Gasteiger partial charge in [0.15, 0.2) is 0 Å². The predicted octanol–water partition coefficient (Wildman–Crippen LogP) is 6.98. The van der Waals surface area contributed by atoms with Crippen LogP contribution in [0.3, 0.4) is 0 Å². The second-order valence-electron chi connectivity index (χ2n) is 13.0. The summed E-state index contributed by atoms with van der Waals surface area (Å²) < 4.78 is 22.8. The number of hydrogen-bond donors (Lipinski definition) is 1. The predicted molar refractivity (Wildman–Crippen MR) is 172 cm³/mol. The number of carbonyl (C=O) groups excluding carboxylic acids is 2. The molecule has 4 aliphatic heterocycles. The summed E-state index contributed by atoms with van der Waals surface area (Å²) in [7, 11) is 1.00. The van der Waals surface area contributed by atoms with Crippen molar-refractivity contribution in [1.29, 1.82) is 0 Å². The molecule has 0 saturated carbocycles. The molecule has 0 radical (unpaired) electrons. The van der Waals surface area contributed by atoms with Crippen molar-refractivity contribution in [2.45, 2.75) is 103 Å². The number of carbonyl (C=O) groups is 2. The Bertz CT molecular complexity index is 1140. The van der Waals surface area contributed by atoms with E-state index in [0.717, 1.165) is 44.5 Å². The number of piperidine rings is 2. The zero-order valence-electron chi connectivity index (χ0n) is 28.0. The van der Waals surface area contributed by atoms with Gasteiger partial charge >= 0.3 is 12.2 Å². The molecule has 2 aromatic rings. The Kier molecular flexibility index (Phi) is 12.0. The lowest BCUT2D eigenvalue weighted by Crippen LogP contribution is -2.47. The molecule has 0 spiro atoms. The van der Waals surface area contributed by atoms with Gasteiger partial charge in [-0.2, -0.15) is 0 Å². The molecular formula is C35H52N2O7. The number of aliphatic hydroxyl groups is 1. The largest absolute Gasteiger partial charge is 0.488 e. The number of benzene rings is 2. The topological polar surface area (TPSA) is 97.8 Å². The van der Waals surface area contributed by atoms with Crippen LogP contribution in [-0.4, -0.2) is 83.8 Å². The number of rotatable bonds is 0. The quantitative estimate of drug-likeness (QED) is 0.343. The fourth-order valence-electron chi connectivity index (χ4n) is 5.88. The van der Waals surface area contributed by atoms with Gasteiger partial charge in [-0.3, -0.25) is 0 Å². The van der Waals surface area contributed by atoms with E-state index in [1.165, 1.54) is 11.1 Å². The second-order valence-corrected chi connectivity index (χ2v) is 13.0. The van der Waals surface area contributed by atoms with Crippen LogP contribution in [0, 0.1) is 0 Å². The highest BCUT2D eigenvalue weighted by Gasteiger charge is 2.42. The van der Waals surface area contributed by atoms with Gasteiger partial charge in [-0.1, -0.05) is 50.2 Å². The summed E-state index contributed by atoms with van der Waals surface area (Å²) in [6, 6.07) is 16.3. The maximum atomic E-state index is 12.1. The number of fused-ring (bicyclic) bond motifs is 6. The van der Waals surface area contributed by atoms with Crippen LogP contribution >= 0.6 is 0 Å². The van der Waals surface area contributed by atoms with Gasteiger partial charge in [-0.25, -0.2) is 9.59 Å². The first-order valence-electron chi connectivity index (χ1n) is 15.8. The highest BCUT2D eigenvalue weighted by Crippen LogP contribution is 2.43. The fraction of sp³-hybridized carbons (Fsp3) is 0.600. The Morgan fingerprint density at radius 2 is 1.02 bits per heavy atom. The molecule has 2 aromatic carbocycles. The van der Waals surface area contributed by atoms with Crippen LogP contribution in [0.2, 0.25) is 0 Å². The maximum absolute atomic E-state index is 12.1. The lowest BCUT2D eigenvalue weighted by atomic mass is 9.89. The lowest BCUT2D eigenvalue weighted by Gasteiger charge is -2.35. The number of amides is 2. The van der Waals surface area contributed by atoms with Gasteiger partial charge in [0.2, 0.25) is 0 Å². The van der Waals surface area contributed by atoms with E-state index < -0.39 is 11.2 Å². The molecule has 2 amide bonds. The number of nitrogens with zero attached hydrogens (tertiary/aromatic N) is 2. The molecule has 2 saturated heterocycles. The van der Waals surface area contributed by atoms with E-state index in [4.69, 9.17) is 24.1 Å². The number of para-hydroxylation sites is 2. The average molecular weight is 613 g/mol. The van der Waals surface area contributed by atoms with Crippen LogP contribution < -0.4 is 9.47 Å². The molecule has 4 atom stereocenters. The van der Waals surface area contributed by atoms with Crippen LogP contribution in [0.1, 0.15) is 91.2 Å². The number of hydrogen-bond acceptors (Lipinski definition) is 7. The van der Waals surface area contributed by atoms with Crippen molar-refractivity contribution in [3.05, 3.63) is 59.7 Å². The highest BCUT2D eigenvalue weighted by atomic mass is 16.6. The van der Waals surface area contributed by atoms with E-state index in [9.17, 15) is 9.59 Å². The average Bonchev–Trinajstić information content (AvgIpc) is 3.55. The second kappa shape index (κ2) is 15.0. The van der Waals surface area contributed by atoms with Gasteiger partial charge in [-0.05, 0) is 66.5 Å². The molecule has 44 heavy (non-hydrogen) atoms. The van der Waals surface area contributed by atoms with Gasteiger partial charge in [0, 0.05) is 43.2 Å². The molecule has 0 bridgehead atoms. The van der Waals surface area contributed by atoms with Crippen molar-refractivity contribution >= 4 is 12.2 Å². The van der Waals surface area contributed by atoms with Crippen molar-refractivity contribution in [2.75, 3.05) is 33.3 Å². The first kappa shape index (κ1) is 35.0. The van der Waals surface area contributed by atoms with Crippen LogP contribution in [0.5, 0.6) is 11.5 Å². The molecule has 6 rings (SSSR count). The fourth-order valence-corrected chi connectivity index (χ4v) is 5.88. The van der Waals surface area contributed by atoms with Crippen molar-refractivity contribution in [2.24, 2.45) is 0 Å². The highest BCUT2D eigenvalue weighted by molar-refractivity contribution is 5.69. The Hall–Kier alpha value is -3.46. The standard InChI is InChI=1S/2C16H21NO3.C2H6.CH4O/c2*1-16(2,3)20-15(18)17-9-8-12-11-6-4-5-7-13(11)19-14(12)10-17;2*1-2/h2*4-7,12,14H,8-10H2,1-3H3;1-2H3;2H,1H3. The third kappa shape index (κ3) is 8.80. The van der Waals surface area contributed by atoms with Gasteiger partial charge < -0.3 is 33.9 Å². The third-order valence-corrected chi connectivity index (χ3v) is 7.62. The van der Waals surface area contributed by atoms with Gasteiger partial charge in [0.25, 0.3) is 0 Å².